The van der Waals surface area contributed by atoms with Crippen LogP contribution in [0.4, 0.5) is 5.69 Å². The number of primary sulfonamides is 1. The molecule has 1 unspecified atom stereocenters. The summed E-state index contributed by atoms with van der Waals surface area (Å²) in [6.07, 6.45) is 1.12. The fourth-order valence-electron chi connectivity index (χ4n) is 4.04. The van der Waals surface area contributed by atoms with Gasteiger partial charge in [0.25, 0.3) is 0 Å². The molecule has 1 aliphatic heterocycles. The summed E-state index contributed by atoms with van der Waals surface area (Å²) in [5.74, 6) is 0. The zero-order chi connectivity index (χ0) is 23.3. The second-order valence-electron chi connectivity index (χ2n) is 10.2. The van der Waals surface area contributed by atoms with Gasteiger partial charge in [0, 0.05) is 40.9 Å². The fourth-order valence-corrected chi connectivity index (χ4v) is 5.96. The third kappa shape index (κ3) is 4.50. The van der Waals surface area contributed by atoms with Crippen LogP contribution in [-0.2, 0) is 14.4 Å². The first-order valence-electron chi connectivity index (χ1n) is 11.0. The molecule has 0 amide bonds. The maximum atomic E-state index is 12.1. The molecule has 1 atom stereocenters. The average molecular weight is 472 g/mol. The summed E-state index contributed by atoms with van der Waals surface area (Å²) >= 11 is 0. The summed E-state index contributed by atoms with van der Waals surface area (Å²) in [5, 5.41) is 6.69. The van der Waals surface area contributed by atoms with E-state index in [-0.39, 0.29) is 16.0 Å². The van der Waals surface area contributed by atoms with Gasteiger partial charge in [0.05, 0.1) is 11.0 Å². The largest absolute Gasteiger partial charge is 0.412 e. The molecule has 4 rings (SSSR count). The Morgan fingerprint density at radius 3 is 2.50 bits per heavy atom. The number of nitrogens with zero attached hydrogens (tertiary/aromatic N) is 1. The van der Waals surface area contributed by atoms with Gasteiger partial charge in [0.1, 0.15) is 0 Å². The van der Waals surface area contributed by atoms with Gasteiger partial charge in [0.2, 0.25) is 10.0 Å². The summed E-state index contributed by atoms with van der Waals surface area (Å²) in [4.78, 5) is 5.85. The second-order valence-corrected chi connectivity index (χ2v) is 16.5. The Bertz CT molecular complexity index is 1210. The predicted octanol–water partition coefficient (Wildman–Crippen LogP) is 5.08. The Balaban J connectivity index is 1.70. The maximum absolute atomic E-state index is 12.1. The summed E-state index contributed by atoms with van der Waals surface area (Å²) in [5.41, 5.74) is 3.71. The zero-order valence-corrected chi connectivity index (χ0v) is 21.3. The Labute approximate surface area is 192 Å². The lowest BCUT2D eigenvalue weighted by Crippen LogP contribution is -2.44. The number of anilines is 1. The highest BCUT2D eigenvalue weighted by Gasteiger charge is 2.40. The first-order valence-corrected chi connectivity index (χ1v) is 15.5. The molecule has 32 heavy (non-hydrogen) atoms. The van der Waals surface area contributed by atoms with Crippen LogP contribution in [-0.4, -0.2) is 40.9 Å². The standard InChI is InChI=1S/C24H33N3O3SSi/c1-24(2,3)32(4,5)30-18-12-13-27(16-18)23-11-10-19(31(25,28)29)15-20(23)22-14-17-8-6-7-9-21(17)26-22/h6-11,14-15,18,26H,12-13,16H2,1-5H3,(H2,25,28,29). The predicted molar refractivity (Wildman–Crippen MR) is 134 cm³/mol. The Morgan fingerprint density at radius 1 is 1.12 bits per heavy atom. The van der Waals surface area contributed by atoms with E-state index < -0.39 is 18.3 Å². The highest BCUT2D eigenvalue weighted by atomic mass is 32.2. The number of rotatable bonds is 5. The Hall–Kier alpha value is -2.13. The fraction of sp³-hybridized carbons (Fsp3) is 0.417. The number of aromatic amines is 1. The minimum atomic E-state index is -3.81. The van der Waals surface area contributed by atoms with Crippen LogP contribution in [0.3, 0.4) is 0 Å². The van der Waals surface area contributed by atoms with E-state index in [2.05, 4.69) is 49.8 Å². The SMILES string of the molecule is CC(C)(C)[Si](C)(C)OC1CCN(c2ccc(S(N)(=O)=O)cc2-c2cc3ccccc3[nH]2)C1. The van der Waals surface area contributed by atoms with Crippen LogP contribution in [0.25, 0.3) is 22.2 Å². The molecule has 172 valence electrons. The minimum absolute atomic E-state index is 0.114. The van der Waals surface area contributed by atoms with Crippen molar-refractivity contribution in [2.24, 2.45) is 5.14 Å². The number of benzene rings is 2. The number of fused-ring (bicyclic) bond motifs is 1. The third-order valence-electron chi connectivity index (χ3n) is 6.87. The van der Waals surface area contributed by atoms with Gasteiger partial charge in [-0.1, -0.05) is 39.0 Å². The van der Waals surface area contributed by atoms with Crippen LogP contribution in [0.1, 0.15) is 27.2 Å². The molecule has 6 nitrogen and oxygen atoms in total. The van der Waals surface area contributed by atoms with Crippen molar-refractivity contribution in [3.05, 3.63) is 48.5 Å². The van der Waals surface area contributed by atoms with Crippen molar-refractivity contribution in [3.8, 4) is 11.3 Å². The van der Waals surface area contributed by atoms with Crippen molar-refractivity contribution in [2.45, 2.75) is 56.3 Å². The molecule has 1 fully saturated rings. The van der Waals surface area contributed by atoms with Gasteiger partial charge in [-0.2, -0.15) is 0 Å². The molecule has 0 aliphatic carbocycles. The van der Waals surface area contributed by atoms with Gasteiger partial charge in [-0.15, -0.1) is 0 Å². The van der Waals surface area contributed by atoms with E-state index in [0.29, 0.717) is 0 Å². The molecule has 0 bridgehead atoms. The van der Waals surface area contributed by atoms with Gasteiger partial charge in [-0.3, -0.25) is 0 Å². The molecular formula is C24H33N3O3SSi. The van der Waals surface area contributed by atoms with Crippen LogP contribution < -0.4 is 10.0 Å². The van der Waals surface area contributed by atoms with Crippen molar-refractivity contribution in [1.82, 2.24) is 4.98 Å². The lowest BCUT2D eigenvalue weighted by atomic mass is 10.1. The monoisotopic (exact) mass is 471 g/mol. The number of para-hydroxylation sites is 1. The van der Waals surface area contributed by atoms with E-state index in [1.807, 2.05) is 30.3 Å². The highest BCUT2D eigenvalue weighted by Crippen LogP contribution is 2.40. The van der Waals surface area contributed by atoms with Gasteiger partial charge < -0.3 is 14.3 Å². The van der Waals surface area contributed by atoms with Gasteiger partial charge in [-0.05, 0) is 54.9 Å². The first-order chi connectivity index (χ1) is 14.8. The van der Waals surface area contributed by atoms with Crippen LogP contribution in [0.5, 0.6) is 0 Å². The van der Waals surface area contributed by atoms with Crippen molar-refractivity contribution in [2.75, 3.05) is 18.0 Å². The van der Waals surface area contributed by atoms with Crippen LogP contribution in [0.15, 0.2) is 53.4 Å². The average Bonchev–Trinajstić information content (AvgIpc) is 3.32. The van der Waals surface area contributed by atoms with Gasteiger partial charge >= 0.3 is 0 Å². The van der Waals surface area contributed by atoms with Crippen molar-refractivity contribution >= 4 is 34.9 Å². The molecule has 8 heteroatoms. The zero-order valence-electron chi connectivity index (χ0n) is 19.5. The van der Waals surface area contributed by atoms with Crippen LogP contribution in [0, 0.1) is 0 Å². The van der Waals surface area contributed by atoms with Crippen molar-refractivity contribution < 1.29 is 12.8 Å². The third-order valence-corrected chi connectivity index (χ3v) is 12.3. The topological polar surface area (TPSA) is 88.4 Å². The molecule has 1 saturated heterocycles. The summed E-state index contributed by atoms with van der Waals surface area (Å²) in [7, 11) is -5.67. The lowest BCUT2D eigenvalue weighted by molar-refractivity contribution is 0.202. The van der Waals surface area contributed by atoms with E-state index in [9.17, 15) is 8.42 Å². The van der Waals surface area contributed by atoms with E-state index in [0.717, 1.165) is 47.4 Å². The first kappa shape index (κ1) is 23.0. The molecule has 1 aliphatic rings. The number of hydrogen-bond acceptors (Lipinski definition) is 4. The van der Waals surface area contributed by atoms with Crippen molar-refractivity contribution in [3.63, 3.8) is 0 Å². The van der Waals surface area contributed by atoms with E-state index >= 15 is 0 Å². The molecule has 1 aromatic heterocycles. The minimum Gasteiger partial charge on any atom is -0.412 e. The van der Waals surface area contributed by atoms with Crippen molar-refractivity contribution in [1.29, 1.82) is 0 Å². The molecule has 2 aromatic carbocycles. The maximum Gasteiger partial charge on any atom is 0.238 e. The number of aromatic nitrogens is 1. The number of sulfonamides is 1. The number of hydrogen-bond donors (Lipinski definition) is 2. The van der Waals surface area contributed by atoms with E-state index in [1.165, 1.54) is 0 Å². The van der Waals surface area contributed by atoms with Crippen LogP contribution in [0.2, 0.25) is 18.1 Å². The van der Waals surface area contributed by atoms with Gasteiger partial charge in [0.15, 0.2) is 8.32 Å². The van der Waals surface area contributed by atoms with Crippen LogP contribution >= 0.6 is 0 Å². The number of H-pyrrole nitrogens is 1. The van der Waals surface area contributed by atoms with Gasteiger partial charge in [-0.25, -0.2) is 13.6 Å². The number of nitrogens with one attached hydrogen (secondary N) is 1. The molecule has 2 heterocycles. The van der Waals surface area contributed by atoms with E-state index in [4.69, 9.17) is 9.56 Å². The highest BCUT2D eigenvalue weighted by molar-refractivity contribution is 7.89. The molecule has 3 aromatic rings. The Kier molecular flexibility index (Phi) is 5.77. The molecule has 0 saturated carbocycles. The Morgan fingerprint density at radius 2 is 1.84 bits per heavy atom. The summed E-state index contributed by atoms with van der Waals surface area (Å²) in [6.45, 7) is 13.0. The molecule has 0 radical (unpaired) electrons. The summed E-state index contributed by atoms with van der Waals surface area (Å²) in [6, 6.07) is 15.2. The second kappa shape index (κ2) is 8.02. The normalized spacial score (nSPS) is 17.9. The smallest absolute Gasteiger partial charge is 0.238 e. The quantitative estimate of drug-likeness (QED) is 0.508. The van der Waals surface area contributed by atoms with E-state index in [1.54, 1.807) is 12.1 Å². The lowest BCUT2D eigenvalue weighted by Gasteiger charge is -2.38. The molecule has 0 spiro atoms. The summed E-state index contributed by atoms with van der Waals surface area (Å²) < 4.78 is 30.8. The molecule has 3 N–H and O–H groups in total. The molecular weight excluding hydrogens is 438 g/mol. The number of nitrogens with two attached hydrogens (primary N) is 1.